The van der Waals surface area contributed by atoms with Gasteiger partial charge >= 0.3 is 11.9 Å². The number of rotatable bonds is 5. The number of carbonyl (C=O) groups excluding carboxylic acids is 1. The van der Waals surface area contributed by atoms with Gasteiger partial charge in [-0.2, -0.15) is 0 Å². The predicted octanol–water partition coefficient (Wildman–Crippen LogP) is 7.99. The number of hydrogen-bond acceptors (Lipinski definition) is 7. The van der Waals surface area contributed by atoms with Crippen molar-refractivity contribution in [1.82, 2.24) is 0 Å². The molecule has 4 rings (SSSR count). The van der Waals surface area contributed by atoms with E-state index in [-0.39, 0.29) is 48.2 Å². The minimum atomic E-state index is -1.27. The van der Waals surface area contributed by atoms with E-state index in [1.807, 2.05) is 36.4 Å². The molecule has 0 aliphatic heterocycles. The van der Waals surface area contributed by atoms with Gasteiger partial charge in [0.05, 0.1) is 0 Å². The normalized spacial score (nSPS) is 9.57. The van der Waals surface area contributed by atoms with Crippen LogP contribution in [0.25, 0.3) is 0 Å². The first-order chi connectivity index (χ1) is 18.5. The fraction of sp³-hybridized carbons (Fsp3) is 0.103. The zero-order chi connectivity index (χ0) is 28.9. The molecule has 0 aliphatic carbocycles. The highest BCUT2D eigenvalue weighted by molar-refractivity contribution is 9.10. The first kappa shape index (κ1) is 34.5. The van der Waals surface area contributed by atoms with Crippen molar-refractivity contribution in [3.8, 4) is 23.0 Å². The average molecular weight is 743 g/mol. The van der Waals surface area contributed by atoms with Crippen molar-refractivity contribution in [2.75, 3.05) is 0 Å². The van der Waals surface area contributed by atoms with E-state index in [0.717, 1.165) is 32.0 Å². The molecule has 0 aromatic heterocycles. The van der Waals surface area contributed by atoms with E-state index in [1.165, 1.54) is 29.8 Å². The Morgan fingerprint density at radius 1 is 0.650 bits per heavy atom. The van der Waals surface area contributed by atoms with Crippen molar-refractivity contribution < 1.29 is 39.9 Å². The predicted molar refractivity (Wildman–Crippen MR) is 163 cm³/mol. The third kappa shape index (κ3) is 11.7. The van der Waals surface area contributed by atoms with Crippen molar-refractivity contribution in [1.29, 1.82) is 0 Å². The molecule has 0 saturated carbocycles. The van der Waals surface area contributed by atoms with Crippen molar-refractivity contribution >= 4 is 59.7 Å². The summed E-state index contributed by atoms with van der Waals surface area (Å²) in [5.74, 6) is -2.81. The highest BCUT2D eigenvalue weighted by atomic mass is 79.9. The first-order valence-electron chi connectivity index (χ1n) is 11.0. The molecule has 0 atom stereocenters. The molecular formula is C29H27Br3O8. The Morgan fingerprint density at radius 2 is 1.07 bits per heavy atom. The molecule has 0 bridgehead atoms. The van der Waals surface area contributed by atoms with Gasteiger partial charge in [-0.15, -0.1) is 0 Å². The van der Waals surface area contributed by atoms with Crippen LogP contribution >= 0.6 is 47.8 Å². The fourth-order valence-corrected chi connectivity index (χ4v) is 3.67. The zero-order valence-corrected chi connectivity index (χ0v) is 24.8. The minimum absolute atomic E-state index is 0. The summed E-state index contributed by atoms with van der Waals surface area (Å²) in [6.07, 6.45) is 0. The Morgan fingerprint density at radius 3 is 1.50 bits per heavy atom. The van der Waals surface area contributed by atoms with Crippen LogP contribution < -0.4 is 0 Å². The van der Waals surface area contributed by atoms with E-state index in [4.69, 9.17) is 20.1 Å². The number of esters is 1. The number of halogens is 3. The second-order valence-electron chi connectivity index (χ2n) is 7.67. The van der Waals surface area contributed by atoms with E-state index >= 15 is 0 Å². The van der Waals surface area contributed by atoms with Gasteiger partial charge in [0.25, 0.3) is 0 Å². The molecule has 11 heteroatoms. The second-order valence-corrected chi connectivity index (χ2v) is 10.1. The molecule has 40 heavy (non-hydrogen) atoms. The number of carboxylic acids is 1. The largest absolute Gasteiger partial charge is 0.508 e. The Kier molecular flexibility index (Phi) is 14.8. The molecule has 0 aliphatic rings. The van der Waals surface area contributed by atoms with Crippen molar-refractivity contribution in [2.24, 2.45) is 0 Å². The number of aromatic hydroxyl groups is 4. The van der Waals surface area contributed by atoms with E-state index < -0.39 is 11.9 Å². The lowest BCUT2D eigenvalue weighted by atomic mass is 10.2. The maximum absolute atomic E-state index is 11.8. The summed E-state index contributed by atoms with van der Waals surface area (Å²) in [5, 5.41) is 45.9. The van der Waals surface area contributed by atoms with Gasteiger partial charge < -0.3 is 30.3 Å². The zero-order valence-electron chi connectivity index (χ0n) is 20.1. The van der Waals surface area contributed by atoms with Gasteiger partial charge in [-0.25, -0.2) is 9.59 Å². The summed E-state index contributed by atoms with van der Waals surface area (Å²) < 4.78 is 7.13. The smallest absolute Gasteiger partial charge is 0.342 e. The van der Waals surface area contributed by atoms with Crippen molar-refractivity contribution in [3.63, 3.8) is 0 Å². The standard InChI is InChI=1S/C14H11BrO4.C7H6Br2.C7H6O4.CH4/c15-10-3-1-9(2-4-10)8-19-14(18)12-7-11(16)5-6-13(12)17;8-5-6-1-3-7(9)4-2-6;8-4-1-2-6(9)5(3-4)7(10)11;/h1-7,16-17H,8H2;1-4H,5H2;1-3,8-9H,(H,10,11);1H4. The lowest BCUT2D eigenvalue weighted by Gasteiger charge is -2.07. The Hall–Kier alpha value is -3.54. The molecule has 8 nitrogen and oxygen atoms in total. The number of ether oxygens (including phenoxy) is 1. The van der Waals surface area contributed by atoms with E-state index in [1.54, 1.807) is 0 Å². The van der Waals surface area contributed by atoms with Gasteiger partial charge in [-0.05, 0) is 71.8 Å². The van der Waals surface area contributed by atoms with Crippen molar-refractivity contribution in [2.45, 2.75) is 19.4 Å². The molecule has 0 unspecified atom stereocenters. The maximum Gasteiger partial charge on any atom is 0.342 e. The van der Waals surface area contributed by atoms with Crippen LogP contribution in [0, 0.1) is 0 Å². The van der Waals surface area contributed by atoms with Crippen LogP contribution in [-0.2, 0) is 16.7 Å². The van der Waals surface area contributed by atoms with Crippen LogP contribution in [0.4, 0.5) is 0 Å². The molecular weight excluding hydrogens is 716 g/mol. The highest BCUT2D eigenvalue weighted by Gasteiger charge is 2.13. The van der Waals surface area contributed by atoms with Gasteiger partial charge in [0.2, 0.25) is 0 Å². The van der Waals surface area contributed by atoms with Gasteiger partial charge in [0.1, 0.15) is 40.7 Å². The Labute approximate surface area is 256 Å². The number of hydrogen-bond donors (Lipinski definition) is 5. The van der Waals surface area contributed by atoms with E-state index in [0.29, 0.717) is 0 Å². The Bertz CT molecular complexity index is 1390. The van der Waals surface area contributed by atoms with Crippen LogP contribution in [0.3, 0.4) is 0 Å². The highest BCUT2D eigenvalue weighted by Crippen LogP contribution is 2.23. The lowest BCUT2D eigenvalue weighted by molar-refractivity contribution is 0.0468. The summed E-state index contributed by atoms with van der Waals surface area (Å²) in [5.41, 5.74) is 1.77. The van der Waals surface area contributed by atoms with Crippen LogP contribution in [0.5, 0.6) is 23.0 Å². The van der Waals surface area contributed by atoms with Crippen LogP contribution in [0.2, 0.25) is 0 Å². The lowest BCUT2D eigenvalue weighted by Crippen LogP contribution is -2.05. The van der Waals surface area contributed by atoms with Gasteiger partial charge in [-0.1, -0.05) is 79.5 Å². The average Bonchev–Trinajstić information content (AvgIpc) is 2.92. The minimum Gasteiger partial charge on any atom is -0.508 e. The van der Waals surface area contributed by atoms with Crippen LogP contribution in [0.1, 0.15) is 39.3 Å². The molecule has 212 valence electrons. The monoisotopic (exact) mass is 740 g/mol. The molecule has 0 amide bonds. The summed E-state index contributed by atoms with van der Waals surface area (Å²) in [6.45, 7) is 0.0984. The van der Waals surface area contributed by atoms with E-state index in [2.05, 4.69) is 59.9 Å². The molecule has 0 fully saturated rings. The Balaban J connectivity index is 0.000000324. The molecule has 4 aromatic carbocycles. The van der Waals surface area contributed by atoms with E-state index in [9.17, 15) is 19.8 Å². The number of benzene rings is 4. The van der Waals surface area contributed by atoms with Crippen LogP contribution in [-0.4, -0.2) is 37.5 Å². The number of carboxylic acid groups (broad SMARTS) is 1. The summed E-state index contributed by atoms with van der Waals surface area (Å²) >= 11 is 10.0. The first-order valence-corrected chi connectivity index (χ1v) is 13.7. The molecule has 5 N–H and O–H groups in total. The third-order valence-electron chi connectivity index (χ3n) is 4.76. The summed E-state index contributed by atoms with van der Waals surface area (Å²) in [6, 6.07) is 22.6. The number of carbonyl (C=O) groups is 2. The third-order valence-corrected chi connectivity index (χ3v) is 6.47. The number of phenols is 4. The maximum atomic E-state index is 11.8. The number of phenolic OH excluding ortho intramolecular Hbond substituents is 3. The molecule has 0 radical (unpaired) electrons. The van der Waals surface area contributed by atoms with Crippen LogP contribution in [0.15, 0.2) is 93.9 Å². The quantitative estimate of drug-likeness (QED) is 0.0787. The van der Waals surface area contributed by atoms with Crippen molar-refractivity contribution in [3.05, 3.63) is 116 Å². The second kappa shape index (κ2) is 17.2. The SMILES string of the molecule is BrCc1ccc(Br)cc1.C.O=C(O)c1cc(O)ccc1O.O=C(OCc1ccc(Br)cc1)c1cc(O)ccc1O. The van der Waals surface area contributed by atoms with Gasteiger partial charge in [-0.3, -0.25) is 0 Å². The fourth-order valence-electron chi connectivity index (χ4n) is 2.76. The number of aromatic carboxylic acids is 1. The topological polar surface area (TPSA) is 145 Å². The molecule has 0 heterocycles. The summed E-state index contributed by atoms with van der Waals surface area (Å²) in [7, 11) is 0. The summed E-state index contributed by atoms with van der Waals surface area (Å²) in [4.78, 5) is 22.1. The molecule has 4 aromatic rings. The van der Waals surface area contributed by atoms with Gasteiger partial charge in [0, 0.05) is 14.3 Å². The molecule has 0 spiro atoms. The number of alkyl halides is 1. The van der Waals surface area contributed by atoms with Gasteiger partial charge in [0.15, 0.2) is 0 Å². The molecule has 0 saturated heterocycles.